The molecule has 2 heterocycles. The van der Waals surface area contributed by atoms with Crippen molar-refractivity contribution in [2.45, 2.75) is 56.5 Å². The van der Waals surface area contributed by atoms with E-state index in [0.717, 1.165) is 23.9 Å². The summed E-state index contributed by atoms with van der Waals surface area (Å²) in [5.41, 5.74) is 0. The molecule has 0 amide bonds. The van der Waals surface area contributed by atoms with E-state index in [1.165, 1.54) is 12.8 Å². The molecule has 0 atom stereocenters. The van der Waals surface area contributed by atoms with Crippen molar-refractivity contribution in [3.05, 3.63) is 17.6 Å². The van der Waals surface area contributed by atoms with Crippen LogP contribution < -0.4 is 0 Å². The van der Waals surface area contributed by atoms with Crippen molar-refractivity contribution in [3.8, 4) is 0 Å². The topological polar surface area (TPSA) is 69.6 Å². The normalized spacial score (nSPS) is 15.1. The quantitative estimate of drug-likeness (QED) is 0.756. The SMILES string of the molecule is CCc1nnc(CSc2nnc(C3CC3)n2CC)o1. The fourth-order valence-corrected chi connectivity index (χ4v) is 2.81. The Morgan fingerprint density at radius 2 is 1.95 bits per heavy atom. The Morgan fingerprint density at radius 3 is 2.58 bits per heavy atom. The minimum absolute atomic E-state index is 0.622. The van der Waals surface area contributed by atoms with Crippen LogP contribution in [0.2, 0.25) is 0 Å². The van der Waals surface area contributed by atoms with Crippen LogP contribution in [0, 0.1) is 0 Å². The van der Waals surface area contributed by atoms with Crippen LogP contribution in [0.25, 0.3) is 0 Å². The van der Waals surface area contributed by atoms with E-state index in [1.54, 1.807) is 11.8 Å². The lowest BCUT2D eigenvalue weighted by atomic mass is 10.4. The molecule has 0 aliphatic heterocycles. The summed E-state index contributed by atoms with van der Waals surface area (Å²) < 4.78 is 7.69. The van der Waals surface area contributed by atoms with Crippen molar-refractivity contribution in [3.63, 3.8) is 0 Å². The second kappa shape index (κ2) is 5.32. The van der Waals surface area contributed by atoms with Gasteiger partial charge in [0.15, 0.2) is 5.16 Å². The predicted octanol–water partition coefficient (Wildman–Crippen LogP) is 2.41. The average Bonchev–Trinajstić information content (AvgIpc) is 3.04. The molecule has 2 aromatic heterocycles. The molecule has 102 valence electrons. The Labute approximate surface area is 116 Å². The van der Waals surface area contributed by atoms with Gasteiger partial charge in [-0.1, -0.05) is 18.7 Å². The number of rotatable bonds is 6. The highest BCUT2D eigenvalue weighted by atomic mass is 32.2. The third-order valence-corrected chi connectivity index (χ3v) is 4.09. The maximum atomic E-state index is 5.49. The molecule has 0 spiro atoms. The second-order valence-corrected chi connectivity index (χ2v) is 5.53. The Kier molecular flexibility index (Phi) is 3.54. The standard InChI is InChI=1S/C12H17N5OS/c1-3-9-13-14-10(18-9)7-19-12-16-15-11(8-5-6-8)17(12)4-2/h8H,3-7H2,1-2H3. The zero-order valence-electron chi connectivity index (χ0n) is 11.2. The highest BCUT2D eigenvalue weighted by molar-refractivity contribution is 7.98. The molecule has 0 radical (unpaired) electrons. The van der Waals surface area contributed by atoms with Crippen LogP contribution in [-0.4, -0.2) is 25.0 Å². The van der Waals surface area contributed by atoms with Gasteiger partial charge in [-0.2, -0.15) is 0 Å². The number of nitrogens with zero attached hydrogens (tertiary/aromatic N) is 5. The first kappa shape index (κ1) is 12.7. The van der Waals surface area contributed by atoms with Crippen molar-refractivity contribution in [2.75, 3.05) is 0 Å². The van der Waals surface area contributed by atoms with Crippen LogP contribution in [0.3, 0.4) is 0 Å². The van der Waals surface area contributed by atoms with Crippen molar-refractivity contribution in [2.24, 2.45) is 0 Å². The van der Waals surface area contributed by atoms with Crippen LogP contribution in [0.5, 0.6) is 0 Å². The van der Waals surface area contributed by atoms with Gasteiger partial charge >= 0.3 is 0 Å². The molecule has 1 aliphatic rings. The van der Waals surface area contributed by atoms with Gasteiger partial charge in [-0.3, -0.25) is 0 Å². The largest absolute Gasteiger partial charge is 0.424 e. The third-order valence-electron chi connectivity index (χ3n) is 3.14. The summed E-state index contributed by atoms with van der Waals surface area (Å²) in [7, 11) is 0. The number of hydrogen-bond acceptors (Lipinski definition) is 6. The van der Waals surface area contributed by atoms with Crippen molar-refractivity contribution < 1.29 is 4.42 Å². The lowest BCUT2D eigenvalue weighted by molar-refractivity contribution is 0.469. The van der Waals surface area contributed by atoms with Gasteiger partial charge in [-0.15, -0.1) is 20.4 Å². The van der Waals surface area contributed by atoms with Gasteiger partial charge in [0.2, 0.25) is 11.8 Å². The van der Waals surface area contributed by atoms with Gasteiger partial charge in [-0.05, 0) is 19.8 Å². The summed E-state index contributed by atoms with van der Waals surface area (Å²) in [5.74, 6) is 3.74. The van der Waals surface area contributed by atoms with Gasteiger partial charge in [-0.25, -0.2) is 0 Å². The Bertz CT molecular complexity index is 560. The Morgan fingerprint density at radius 1 is 1.16 bits per heavy atom. The molecule has 0 bridgehead atoms. The summed E-state index contributed by atoms with van der Waals surface area (Å²) in [6.45, 7) is 5.03. The first-order valence-corrected chi connectivity index (χ1v) is 7.67. The maximum Gasteiger partial charge on any atom is 0.226 e. The van der Waals surface area contributed by atoms with Crippen LogP contribution >= 0.6 is 11.8 Å². The van der Waals surface area contributed by atoms with Crippen molar-refractivity contribution >= 4 is 11.8 Å². The monoisotopic (exact) mass is 279 g/mol. The lowest BCUT2D eigenvalue weighted by Crippen LogP contribution is -2.02. The summed E-state index contributed by atoms with van der Waals surface area (Å²) in [6, 6.07) is 0. The zero-order valence-corrected chi connectivity index (χ0v) is 12.0. The smallest absolute Gasteiger partial charge is 0.226 e. The van der Waals surface area contributed by atoms with E-state index in [4.69, 9.17) is 4.42 Å². The van der Waals surface area contributed by atoms with E-state index < -0.39 is 0 Å². The molecule has 19 heavy (non-hydrogen) atoms. The summed E-state index contributed by atoms with van der Waals surface area (Å²) >= 11 is 1.61. The molecule has 0 aromatic carbocycles. The molecule has 2 aromatic rings. The summed E-state index contributed by atoms with van der Waals surface area (Å²) in [4.78, 5) is 0. The summed E-state index contributed by atoms with van der Waals surface area (Å²) in [5, 5.41) is 17.5. The zero-order chi connectivity index (χ0) is 13.2. The Balaban J connectivity index is 1.69. The van der Waals surface area contributed by atoms with Gasteiger partial charge in [0, 0.05) is 18.9 Å². The lowest BCUT2D eigenvalue weighted by Gasteiger charge is -2.04. The number of thioether (sulfide) groups is 1. The van der Waals surface area contributed by atoms with Gasteiger partial charge in [0.25, 0.3) is 0 Å². The fourth-order valence-electron chi connectivity index (χ4n) is 1.96. The second-order valence-electron chi connectivity index (χ2n) is 4.59. The highest BCUT2D eigenvalue weighted by Gasteiger charge is 2.30. The molecule has 3 rings (SSSR count). The first-order chi connectivity index (χ1) is 9.31. The van der Waals surface area contributed by atoms with E-state index in [0.29, 0.717) is 23.5 Å². The van der Waals surface area contributed by atoms with E-state index in [-0.39, 0.29) is 0 Å². The molecule has 7 heteroatoms. The molecule has 1 fully saturated rings. The van der Waals surface area contributed by atoms with Crippen LogP contribution in [0.1, 0.15) is 50.2 Å². The molecule has 0 saturated heterocycles. The van der Waals surface area contributed by atoms with E-state index >= 15 is 0 Å². The molecular weight excluding hydrogens is 262 g/mol. The molecule has 0 unspecified atom stereocenters. The van der Waals surface area contributed by atoms with Gasteiger partial charge < -0.3 is 8.98 Å². The molecule has 1 aliphatic carbocycles. The molecule has 0 N–H and O–H groups in total. The van der Waals surface area contributed by atoms with E-state index in [9.17, 15) is 0 Å². The minimum Gasteiger partial charge on any atom is -0.424 e. The van der Waals surface area contributed by atoms with Gasteiger partial charge in [0.1, 0.15) is 5.82 Å². The predicted molar refractivity (Wildman–Crippen MR) is 70.9 cm³/mol. The number of hydrogen-bond donors (Lipinski definition) is 0. The van der Waals surface area contributed by atoms with Crippen LogP contribution in [0.4, 0.5) is 0 Å². The first-order valence-electron chi connectivity index (χ1n) is 6.69. The molecule has 1 saturated carbocycles. The molecule has 6 nitrogen and oxygen atoms in total. The molecular formula is C12H17N5OS. The van der Waals surface area contributed by atoms with Crippen molar-refractivity contribution in [1.29, 1.82) is 0 Å². The van der Waals surface area contributed by atoms with Crippen molar-refractivity contribution in [1.82, 2.24) is 25.0 Å². The fraction of sp³-hybridized carbons (Fsp3) is 0.667. The van der Waals surface area contributed by atoms with E-state index in [1.807, 2.05) is 6.92 Å². The highest BCUT2D eigenvalue weighted by Crippen LogP contribution is 2.40. The third kappa shape index (κ3) is 2.65. The van der Waals surface area contributed by atoms with Crippen LogP contribution in [0.15, 0.2) is 9.57 Å². The number of aryl methyl sites for hydroxylation is 1. The van der Waals surface area contributed by atoms with E-state index in [2.05, 4.69) is 31.9 Å². The average molecular weight is 279 g/mol. The minimum atomic E-state index is 0.622. The van der Waals surface area contributed by atoms with Crippen LogP contribution in [-0.2, 0) is 18.7 Å². The maximum absolute atomic E-state index is 5.49. The number of aromatic nitrogens is 5. The summed E-state index contributed by atoms with van der Waals surface area (Å²) in [6.07, 6.45) is 3.26. The Hall–Kier alpha value is -1.37. The van der Waals surface area contributed by atoms with Gasteiger partial charge in [0.05, 0.1) is 5.75 Å².